The molecule has 0 saturated carbocycles. The van der Waals surface area contributed by atoms with E-state index < -0.39 is 0 Å². The average molecular weight is 299 g/mol. The molecule has 1 aromatic rings. The molecule has 0 N–H and O–H groups in total. The molecule has 0 amide bonds. The number of hydrogen-bond acceptors (Lipinski definition) is 2. The first-order valence-corrected chi connectivity index (χ1v) is 5.64. The van der Waals surface area contributed by atoms with Gasteiger partial charge < -0.3 is 0 Å². The van der Waals surface area contributed by atoms with Crippen LogP contribution in [0.15, 0.2) is 7.70 Å². The summed E-state index contributed by atoms with van der Waals surface area (Å²) in [7, 11) is 0. The molecule has 0 bridgehead atoms. The minimum absolute atomic E-state index is 0.126. The van der Waals surface area contributed by atoms with Crippen LogP contribution in [0, 0.1) is 0 Å². The van der Waals surface area contributed by atoms with E-state index in [4.69, 9.17) is 0 Å². The Morgan fingerprint density at radius 1 is 1.27 bits per heavy atom. The SMILES string of the molecule is CC(C)(C)c1nc(Br)sc1Br. The molecule has 1 rings (SSSR count). The molecule has 0 aliphatic rings. The summed E-state index contributed by atoms with van der Waals surface area (Å²) in [5, 5.41) is 0. The molecule has 1 aromatic heterocycles. The van der Waals surface area contributed by atoms with Crippen LogP contribution in [0.25, 0.3) is 0 Å². The Labute approximate surface area is 87.5 Å². The summed E-state index contributed by atoms with van der Waals surface area (Å²) in [6, 6.07) is 0. The molecule has 0 radical (unpaired) electrons. The first-order chi connectivity index (χ1) is 4.91. The minimum Gasteiger partial charge on any atom is -0.232 e. The number of aromatic nitrogens is 1. The lowest BCUT2D eigenvalue weighted by atomic mass is 9.93. The van der Waals surface area contributed by atoms with Gasteiger partial charge in [-0.15, -0.1) is 0 Å². The average Bonchev–Trinajstić information content (AvgIpc) is 2.08. The summed E-state index contributed by atoms with van der Waals surface area (Å²) in [5.41, 5.74) is 1.25. The molecular formula is C7H9Br2NS. The van der Waals surface area contributed by atoms with Crippen LogP contribution in [-0.4, -0.2) is 4.98 Å². The fourth-order valence-electron chi connectivity index (χ4n) is 0.739. The standard InChI is InChI=1S/C7H9Br2NS/c1-7(2,3)4-5(8)11-6(9)10-4/h1-3H3. The van der Waals surface area contributed by atoms with Crippen LogP contribution in [0.3, 0.4) is 0 Å². The molecule has 11 heavy (non-hydrogen) atoms. The number of halogens is 2. The van der Waals surface area contributed by atoms with Crippen molar-refractivity contribution in [3.63, 3.8) is 0 Å². The summed E-state index contributed by atoms with van der Waals surface area (Å²) in [5.74, 6) is 0. The van der Waals surface area contributed by atoms with E-state index in [0.29, 0.717) is 0 Å². The largest absolute Gasteiger partial charge is 0.232 e. The molecule has 0 saturated heterocycles. The first-order valence-electron chi connectivity index (χ1n) is 3.23. The van der Waals surface area contributed by atoms with Gasteiger partial charge >= 0.3 is 0 Å². The molecule has 0 aromatic carbocycles. The van der Waals surface area contributed by atoms with E-state index in [1.54, 1.807) is 11.3 Å². The van der Waals surface area contributed by atoms with Crippen LogP contribution in [0.1, 0.15) is 26.5 Å². The molecule has 1 heterocycles. The second-order valence-corrected chi connectivity index (χ2v) is 6.93. The molecule has 0 unspecified atom stereocenters. The smallest absolute Gasteiger partial charge is 0.160 e. The summed E-state index contributed by atoms with van der Waals surface area (Å²) in [6.07, 6.45) is 0. The lowest BCUT2D eigenvalue weighted by Crippen LogP contribution is -2.11. The van der Waals surface area contributed by atoms with Gasteiger partial charge in [0.2, 0.25) is 0 Å². The third kappa shape index (κ3) is 2.26. The Balaban J connectivity index is 3.13. The summed E-state index contributed by atoms with van der Waals surface area (Å²) < 4.78 is 2.06. The van der Waals surface area contributed by atoms with Crippen LogP contribution >= 0.6 is 43.2 Å². The Morgan fingerprint density at radius 3 is 2.00 bits per heavy atom. The van der Waals surface area contributed by atoms with Crippen molar-refractivity contribution >= 4 is 43.2 Å². The Bertz CT molecular complexity index is 262. The monoisotopic (exact) mass is 297 g/mol. The van der Waals surface area contributed by atoms with Crippen LogP contribution in [0.2, 0.25) is 0 Å². The van der Waals surface area contributed by atoms with Gasteiger partial charge in [0.25, 0.3) is 0 Å². The highest BCUT2D eigenvalue weighted by Gasteiger charge is 2.21. The predicted molar refractivity (Wildman–Crippen MR) is 56.2 cm³/mol. The molecule has 0 atom stereocenters. The van der Waals surface area contributed by atoms with Gasteiger partial charge in [-0.1, -0.05) is 32.1 Å². The third-order valence-corrected chi connectivity index (χ3v) is 3.43. The van der Waals surface area contributed by atoms with Crippen molar-refractivity contribution in [3.8, 4) is 0 Å². The summed E-state index contributed by atoms with van der Waals surface area (Å²) in [6.45, 7) is 6.46. The molecule has 62 valence electrons. The zero-order valence-electron chi connectivity index (χ0n) is 6.61. The van der Waals surface area contributed by atoms with Gasteiger partial charge in [0.15, 0.2) is 3.92 Å². The Kier molecular flexibility index (Phi) is 2.77. The molecule has 0 fully saturated rings. The van der Waals surface area contributed by atoms with Crippen molar-refractivity contribution in [1.82, 2.24) is 4.98 Å². The number of thiazole rings is 1. The van der Waals surface area contributed by atoms with Crippen LogP contribution in [-0.2, 0) is 5.41 Å². The lowest BCUT2D eigenvalue weighted by molar-refractivity contribution is 0.569. The highest BCUT2D eigenvalue weighted by atomic mass is 79.9. The molecule has 4 heteroatoms. The number of nitrogens with zero attached hydrogens (tertiary/aromatic N) is 1. The highest BCUT2D eigenvalue weighted by Crippen LogP contribution is 2.35. The molecule has 0 spiro atoms. The van der Waals surface area contributed by atoms with Crippen LogP contribution in [0.4, 0.5) is 0 Å². The van der Waals surface area contributed by atoms with Crippen molar-refractivity contribution in [1.29, 1.82) is 0 Å². The van der Waals surface area contributed by atoms with Crippen LogP contribution in [0.5, 0.6) is 0 Å². The zero-order chi connectivity index (χ0) is 8.65. The maximum Gasteiger partial charge on any atom is 0.160 e. The fourth-order valence-corrected chi connectivity index (χ4v) is 3.93. The number of hydrogen-bond donors (Lipinski definition) is 0. The van der Waals surface area contributed by atoms with Gasteiger partial charge in [-0.2, -0.15) is 0 Å². The highest BCUT2D eigenvalue weighted by molar-refractivity contribution is 9.12. The summed E-state index contributed by atoms with van der Waals surface area (Å²) in [4.78, 5) is 4.37. The van der Waals surface area contributed by atoms with E-state index in [-0.39, 0.29) is 5.41 Å². The molecule has 0 aliphatic carbocycles. The van der Waals surface area contributed by atoms with Crippen molar-refractivity contribution in [2.45, 2.75) is 26.2 Å². The van der Waals surface area contributed by atoms with E-state index in [0.717, 1.165) is 13.4 Å². The molecule has 1 nitrogen and oxygen atoms in total. The summed E-state index contributed by atoms with van der Waals surface area (Å²) >= 11 is 8.45. The van der Waals surface area contributed by atoms with Crippen molar-refractivity contribution in [2.24, 2.45) is 0 Å². The molecular weight excluding hydrogens is 290 g/mol. The number of rotatable bonds is 0. The van der Waals surface area contributed by atoms with Crippen LogP contribution < -0.4 is 0 Å². The van der Waals surface area contributed by atoms with E-state index in [1.165, 1.54) is 0 Å². The predicted octanol–water partition coefficient (Wildman–Crippen LogP) is 3.97. The molecule has 0 aliphatic heterocycles. The van der Waals surface area contributed by atoms with E-state index in [1.807, 2.05) is 0 Å². The normalized spacial score (nSPS) is 12.1. The quantitative estimate of drug-likeness (QED) is 0.706. The maximum absolute atomic E-state index is 4.37. The van der Waals surface area contributed by atoms with Gasteiger partial charge in [0.05, 0.1) is 9.48 Å². The van der Waals surface area contributed by atoms with Gasteiger partial charge in [-0.3, -0.25) is 0 Å². The second-order valence-electron chi connectivity index (χ2n) is 3.34. The van der Waals surface area contributed by atoms with Gasteiger partial charge in [-0.05, 0) is 31.9 Å². The van der Waals surface area contributed by atoms with E-state index in [2.05, 4.69) is 57.6 Å². The van der Waals surface area contributed by atoms with E-state index >= 15 is 0 Å². The topological polar surface area (TPSA) is 12.9 Å². The van der Waals surface area contributed by atoms with Crippen molar-refractivity contribution < 1.29 is 0 Å². The minimum atomic E-state index is 0.126. The van der Waals surface area contributed by atoms with Crippen molar-refractivity contribution in [3.05, 3.63) is 13.4 Å². The maximum atomic E-state index is 4.37. The van der Waals surface area contributed by atoms with Gasteiger partial charge in [0.1, 0.15) is 0 Å². The first kappa shape index (κ1) is 9.68. The third-order valence-electron chi connectivity index (χ3n) is 1.27. The second kappa shape index (κ2) is 3.15. The van der Waals surface area contributed by atoms with Gasteiger partial charge in [0, 0.05) is 5.41 Å². The van der Waals surface area contributed by atoms with Gasteiger partial charge in [-0.25, -0.2) is 4.98 Å². The fraction of sp³-hybridized carbons (Fsp3) is 0.571. The van der Waals surface area contributed by atoms with E-state index in [9.17, 15) is 0 Å². The zero-order valence-corrected chi connectivity index (χ0v) is 10.6. The Morgan fingerprint density at radius 2 is 1.82 bits per heavy atom. The lowest BCUT2D eigenvalue weighted by Gasteiger charge is -2.15. The van der Waals surface area contributed by atoms with Crippen molar-refractivity contribution in [2.75, 3.05) is 0 Å². The Hall–Kier alpha value is 0.590.